The molecule has 0 saturated heterocycles. The summed E-state index contributed by atoms with van der Waals surface area (Å²) in [6.07, 6.45) is 4.76. The summed E-state index contributed by atoms with van der Waals surface area (Å²) in [4.78, 5) is 19.8. The zero-order chi connectivity index (χ0) is 22.5. The predicted molar refractivity (Wildman–Crippen MR) is 111 cm³/mol. The van der Waals surface area contributed by atoms with Crippen LogP contribution in [0.4, 0.5) is 0 Å². The number of oxazole rings is 1. The Kier molecular flexibility index (Phi) is 6.20. The first-order chi connectivity index (χ1) is 15.5. The molecule has 0 aromatic carbocycles. The molecule has 0 aliphatic carbocycles. The van der Waals surface area contributed by atoms with Crippen LogP contribution in [0.5, 0.6) is 11.8 Å². The number of rotatable bonds is 10. The van der Waals surface area contributed by atoms with E-state index < -0.39 is 5.97 Å². The normalized spacial score (nSPS) is 10.9. The predicted octanol–water partition coefficient (Wildman–Crippen LogP) is 3.49. The average Bonchev–Trinajstić information content (AvgIpc) is 3.49. The molecule has 0 aliphatic rings. The molecule has 0 saturated carbocycles. The van der Waals surface area contributed by atoms with E-state index in [4.69, 9.17) is 23.4 Å². The van der Waals surface area contributed by atoms with Crippen molar-refractivity contribution in [3.63, 3.8) is 0 Å². The Bertz CT molecular complexity index is 1180. The van der Waals surface area contributed by atoms with Crippen LogP contribution in [-0.2, 0) is 24.4 Å². The molecule has 4 aromatic rings. The zero-order valence-electron chi connectivity index (χ0n) is 17.6. The van der Waals surface area contributed by atoms with Gasteiger partial charge in [0.15, 0.2) is 5.76 Å². The average molecular weight is 438 g/mol. The van der Waals surface area contributed by atoms with Gasteiger partial charge in [0.25, 0.3) is 5.89 Å². The zero-order valence-corrected chi connectivity index (χ0v) is 17.6. The fraction of sp³-hybridized carbons (Fsp3) is 0.273. The monoisotopic (exact) mass is 438 g/mol. The van der Waals surface area contributed by atoms with Crippen LogP contribution >= 0.6 is 0 Å². The second kappa shape index (κ2) is 9.38. The van der Waals surface area contributed by atoms with Crippen LogP contribution in [0, 0.1) is 6.92 Å². The largest absolute Gasteiger partial charge is 0.481 e. The Labute approximate surface area is 183 Å². The highest BCUT2D eigenvalue weighted by Crippen LogP contribution is 2.23. The number of aliphatic carboxylic acids is 1. The van der Waals surface area contributed by atoms with Gasteiger partial charge in [0.1, 0.15) is 18.1 Å². The minimum absolute atomic E-state index is 0.149. The topological polar surface area (TPSA) is 126 Å². The van der Waals surface area contributed by atoms with Crippen molar-refractivity contribution >= 4 is 5.97 Å². The fourth-order valence-corrected chi connectivity index (χ4v) is 3.06. The number of pyridine rings is 1. The summed E-state index contributed by atoms with van der Waals surface area (Å²) in [5.74, 6) is 1.44. The van der Waals surface area contributed by atoms with Gasteiger partial charge in [-0.15, -0.1) is 5.10 Å². The first-order valence-electron chi connectivity index (χ1n) is 10.0. The molecule has 0 amide bonds. The van der Waals surface area contributed by atoms with Crippen LogP contribution in [0.3, 0.4) is 0 Å². The third-order valence-electron chi connectivity index (χ3n) is 4.55. The van der Waals surface area contributed by atoms with Gasteiger partial charge < -0.3 is 23.4 Å². The van der Waals surface area contributed by atoms with Crippen molar-refractivity contribution in [3.8, 4) is 23.4 Å². The van der Waals surface area contributed by atoms with Crippen LogP contribution in [-0.4, -0.2) is 37.4 Å². The molecule has 0 bridgehead atoms. The molecule has 4 rings (SSSR count). The highest BCUT2D eigenvalue weighted by molar-refractivity contribution is 5.70. The molecule has 32 heavy (non-hydrogen) atoms. The molecule has 0 atom stereocenters. The van der Waals surface area contributed by atoms with Crippen molar-refractivity contribution in [2.24, 2.45) is 0 Å². The Morgan fingerprint density at radius 1 is 1.25 bits per heavy atom. The lowest BCUT2D eigenvalue weighted by Gasteiger charge is -2.05. The number of nitrogens with zero attached hydrogens (tertiary/aromatic N) is 4. The van der Waals surface area contributed by atoms with Gasteiger partial charge in [-0.2, -0.15) is 0 Å². The summed E-state index contributed by atoms with van der Waals surface area (Å²) >= 11 is 0. The summed E-state index contributed by atoms with van der Waals surface area (Å²) in [5.41, 5.74) is 2.07. The number of furan rings is 1. The minimum atomic E-state index is -0.938. The number of carbonyl (C=O) groups is 1. The van der Waals surface area contributed by atoms with Crippen molar-refractivity contribution in [2.45, 2.75) is 33.4 Å². The molecule has 10 nitrogen and oxygen atoms in total. The fourth-order valence-electron chi connectivity index (χ4n) is 3.06. The molecule has 10 heteroatoms. The first-order valence-corrected chi connectivity index (χ1v) is 10.0. The molecule has 0 fully saturated rings. The molecule has 1 N–H and O–H groups in total. The van der Waals surface area contributed by atoms with Crippen LogP contribution in [0.2, 0.25) is 0 Å². The maximum Gasteiger partial charge on any atom is 0.308 e. The van der Waals surface area contributed by atoms with Crippen molar-refractivity contribution in [1.82, 2.24) is 19.7 Å². The maximum absolute atomic E-state index is 11.0. The third-order valence-corrected chi connectivity index (χ3v) is 4.55. The van der Waals surface area contributed by atoms with Gasteiger partial charge in [-0.3, -0.25) is 9.48 Å². The van der Waals surface area contributed by atoms with Gasteiger partial charge in [0.2, 0.25) is 11.8 Å². The molecular weight excluding hydrogens is 416 g/mol. The van der Waals surface area contributed by atoms with Gasteiger partial charge in [-0.25, -0.2) is 9.97 Å². The highest BCUT2D eigenvalue weighted by Gasteiger charge is 2.15. The molecule has 0 radical (unpaired) electrons. The standard InChI is InChI=1S/C22H22N4O6/c1-3-29-21-16(9-20(27)28)12-26(25-21)11-15-6-7-19(23-10-15)31-13-17-14(2)32-22(24-17)18-5-4-8-30-18/h4-8,10,12H,3,9,11,13H2,1-2H3,(H,27,28). The lowest BCUT2D eigenvalue weighted by atomic mass is 10.2. The number of hydrogen-bond donors (Lipinski definition) is 1. The van der Waals surface area contributed by atoms with Gasteiger partial charge in [0, 0.05) is 24.0 Å². The Morgan fingerprint density at radius 2 is 2.12 bits per heavy atom. The molecule has 0 unspecified atom stereocenters. The second-order valence-corrected chi connectivity index (χ2v) is 6.95. The summed E-state index contributed by atoms with van der Waals surface area (Å²) in [6, 6.07) is 7.16. The van der Waals surface area contributed by atoms with E-state index in [0.29, 0.717) is 53.6 Å². The Hall–Kier alpha value is -4.08. The van der Waals surface area contributed by atoms with E-state index in [0.717, 1.165) is 5.56 Å². The quantitative estimate of drug-likeness (QED) is 0.396. The molecule has 0 spiro atoms. The number of aromatic nitrogens is 4. The van der Waals surface area contributed by atoms with E-state index in [9.17, 15) is 4.79 Å². The Morgan fingerprint density at radius 3 is 2.81 bits per heavy atom. The van der Waals surface area contributed by atoms with Crippen molar-refractivity contribution in [2.75, 3.05) is 6.61 Å². The summed E-state index contributed by atoms with van der Waals surface area (Å²) < 4.78 is 23.7. The van der Waals surface area contributed by atoms with Gasteiger partial charge in [-0.05, 0) is 31.5 Å². The van der Waals surface area contributed by atoms with Gasteiger partial charge in [0.05, 0.1) is 25.8 Å². The molecular formula is C22H22N4O6. The maximum atomic E-state index is 11.0. The van der Waals surface area contributed by atoms with Gasteiger partial charge >= 0.3 is 5.97 Å². The van der Waals surface area contributed by atoms with Crippen LogP contribution in [0.1, 0.15) is 29.5 Å². The van der Waals surface area contributed by atoms with E-state index >= 15 is 0 Å². The summed E-state index contributed by atoms with van der Waals surface area (Å²) in [7, 11) is 0. The van der Waals surface area contributed by atoms with Crippen LogP contribution in [0.15, 0.2) is 51.8 Å². The number of ether oxygens (including phenoxy) is 2. The smallest absolute Gasteiger partial charge is 0.308 e. The van der Waals surface area contributed by atoms with Gasteiger partial charge in [-0.1, -0.05) is 6.07 Å². The van der Waals surface area contributed by atoms with E-state index in [-0.39, 0.29) is 13.0 Å². The van der Waals surface area contributed by atoms with E-state index in [2.05, 4.69) is 15.1 Å². The SMILES string of the molecule is CCOc1nn(Cc2ccc(OCc3nc(-c4ccco4)oc3C)nc2)cc1CC(=O)O. The Balaban J connectivity index is 1.38. The number of aryl methyl sites for hydroxylation is 1. The molecule has 4 heterocycles. The number of carboxylic acids is 1. The molecule has 4 aromatic heterocycles. The van der Waals surface area contributed by atoms with Crippen molar-refractivity contribution in [1.29, 1.82) is 0 Å². The lowest BCUT2D eigenvalue weighted by Crippen LogP contribution is -2.03. The van der Waals surface area contributed by atoms with Crippen LogP contribution in [0.25, 0.3) is 11.7 Å². The molecule has 166 valence electrons. The summed E-state index contributed by atoms with van der Waals surface area (Å²) in [5, 5.41) is 13.4. The first kappa shape index (κ1) is 21.2. The van der Waals surface area contributed by atoms with Crippen molar-refractivity contribution < 1.29 is 28.2 Å². The highest BCUT2D eigenvalue weighted by atomic mass is 16.5. The number of hydrogen-bond acceptors (Lipinski definition) is 8. The second-order valence-electron chi connectivity index (χ2n) is 6.95. The molecule has 0 aliphatic heterocycles. The third kappa shape index (κ3) is 4.97. The van der Waals surface area contributed by atoms with Crippen molar-refractivity contribution in [3.05, 3.63) is 65.5 Å². The summed E-state index contributed by atoms with van der Waals surface area (Å²) in [6.45, 7) is 4.67. The van der Waals surface area contributed by atoms with E-state index in [1.54, 1.807) is 41.5 Å². The number of carboxylic acid groups (broad SMARTS) is 1. The minimum Gasteiger partial charge on any atom is -0.481 e. The van der Waals surface area contributed by atoms with E-state index in [1.807, 2.05) is 19.9 Å². The van der Waals surface area contributed by atoms with E-state index in [1.165, 1.54) is 0 Å². The lowest BCUT2D eigenvalue weighted by molar-refractivity contribution is -0.136. The van der Waals surface area contributed by atoms with Crippen LogP contribution < -0.4 is 9.47 Å².